The fourth-order valence-corrected chi connectivity index (χ4v) is 3.36. The fourth-order valence-electron chi connectivity index (χ4n) is 2.80. The van der Waals surface area contributed by atoms with Gasteiger partial charge in [-0.3, -0.25) is 9.59 Å². The second-order valence-electron chi connectivity index (χ2n) is 6.99. The van der Waals surface area contributed by atoms with Gasteiger partial charge in [0.15, 0.2) is 6.61 Å². The van der Waals surface area contributed by atoms with Crippen LogP contribution in [-0.2, 0) is 9.59 Å². The first-order valence-electron chi connectivity index (χ1n) is 9.82. The first kappa shape index (κ1) is 24.1. The Labute approximate surface area is 205 Å². The van der Waals surface area contributed by atoms with Gasteiger partial charge in [-0.05, 0) is 55.5 Å². The Balaban J connectivity index is 1.75. The second kappa shape index (κ2) is 11.3. The van der Waals surface area contributed by atoms with Gasteiger partial charge in [-0.1, -0.05) is 57.4 Å². The average Bonchev–Trinajstić information content (AvgIpc) is 2.79. The number of para-hydroxylation sites is 1. The third-order valence-corrected chi connectivity index (χ3v) is 5.28. The highest BCUT2D eigenvalue weighted by molar-refractivity contribution is 9.10. The molecular weight excluding hydrogens is 506 g/mol. The van der Waals surface area contributed by atoms with Crippen LogP contribution in [0.25, 0.3) is 6.08 Å². The van der Waals surface area contributed by atoms with E-state index in [2.05, 4.69) is 26.6 Å². The summed E-state index contributed by atoms with van der Waals surface area (Å²) in [6, 6.07) is 21.1. The molecule has 3 rings (SSSR count). The molecule has 0 fully saturated rings. The van der Waals surface area contributed by atoms with E-state index in [1.54, 1.807) is 54.6 Å². The number of rotatable bonds is 7. The van der Waals surface area contributed by atoms with E-state index in [4.69, 9.17) is 16.3 Å². The molecular formula is C25H19BrClN3O3. The number of carbonyl (C=O) groups excluding carboxylic acids is 2. The molecule has 166 valence electrons. The van der Waals surface area contributed by atoms with Crippen molar-refractivity contribution in [3.63, 3.8) is 0 Å². The van der Waals surface area contributed by atoms with E-state index in [9.17, 15) is 14.9 Å². The maximum Gasteiger partial charge on any atom is 0.266 e. The summed E-state index contributed by atoms with van der Waals surface area (Å²) in [6.45, 7) is 1.65. The van der Waals surface area contributed by atoms with Crippen LogP contribution in [0.2, 0.25) is 5.02 Å². The third-order valence-electron chi connectivity index (χ3n) is 4.45. The number of aryl methyl sites for hydroxylation is 1. The van der Waals surface area contributed by atoms with Crippen molar-refractivity contribution in [3.8, 4) is 11.8 Å². The first-order chi connectivity index (χ1) is 15.9. The zero-order valence-corrected chi connectivity index (χ0v) is 19.9. The van der Waals surface area contributed by atoms with Crippen molar-refractivity contribution in [3.05, 3.63) is 92.9 Å². The highest BCUT2D eigenvalue weighted by Crippen LogP contribution is 2.26. The van der Waals surface area contributed by atoms with Gasteiger partial charge < -0.3 is 15.4 Å². The fraction of sp³-hybridized carbons (Fsp3) is 0.0800. The molecule has 2 N–H and O–H groups in total. The Morgan fingerprint density at radius 2 is 1.82 bits per heavy atom. The number of amides is 2. The smallest absolute Gasteiger partial charge is 0.266 e. The van der Waals surface area contributed by atoms with E-state index >= 15 is 0 Å². The molecule has 3 aromatic rings. The molecule has 2 amide bonds. The van der Waals surface area contributed by atoms with E-state index in [0.717, 1.165) is 10.0 Å². The lowest BCUT2D eigenvalue weighted by Gasteiger charge is -2.11. The molecule has 0 aromatic heterocycles. The topological polar surface area (TPSA) is 91.2 Å². The van der Waals surface area contributed by atoms with Crippen molar-refractivity contribution in [2.45, 2.75) is 6.92 Å². The number of hydrogen-bond acceptors (Lipinski definition) is 4. The summed E-state index contributed by atoms with van der Waals surface area (Å²) in [5.74, 6) is -0.620. The molecule has 3 aromatic carbocycles. The molecule has 0 saturated heterocycles. The van der Waals surface area contributed by atoms with Gasteiger partial charge in [0.25, 0.3) is 11.8 Å². The van der Waals surface area contributed by atoms with E-state index in [0.29, 0.717) is 27.7 Å². The normalized spacial score (nSPS) is 10.8. The molecule has 0 saturated carbocycles. The summed E-state index contributed by atoms with van der Waals surface area (Å²) in [4.78, 5) is 24.9. The van der Waals surface area contributed by atoms with E-state index in [-0.39, 0.29) is 12.2 Å². The van der Waals surface area contributed by atoms with Crippen LogP contribution in [0.15, 0.2) is 76.8 Å². The summed E-state index contributed by atoms with van der Waals surface area (Å²) in [7, 11) is 0. The number of ether oxygens (including phenoxy) is 1. The summed E-state index contributed by atoms with van der Waals surface area (Å²) in [5.41, 5.74) is 2.46. The molecule has 0 aliphatic rings. The standard InChI is InChI=1S/C25H19BrClN3O3/c1-16-6-9-20(10-7-16)29-25(32)18(14-28)12-17-13-19(26)8-11-23(17)33-15-24(31)30-22-5-3-2-4-21(22)27/h2-13H,15H2,1H3,(H,29,32)(H,30,31)/b18-12-. The van der Waals surface area contributed by atoms with Crippen LogP contribution >= 0.6 is 27.5 Å². The number of hydrogen-bond donors (Lipinski definition) is 2. The predicted molar refractivity (Wildman–Crippen MR) is 133 cm³/mol. The van der Waals surface area contributed by atoms with Gasteiger partial charge in [0.1, 0.15) is 17.4 Å². The quantitative estimate of drug-likeness (QED) is 0.294. The van der Waals surface area contributed by atoms with Crippen LogP contribution < -0.4 is 15.4 Å². The van der Waals surface area contributed by atoms with Gasteiger partial charge in [0, 0.05) is 15.7 Å². The maximum atomic E-state index is 12.6. The molecule has 0 atom stereocenters. The average molecular weight is 525 g/mol. The van der Waals surface area contributed by atoms with Crippen LogP contribution in [0.5, 0.6) is 5.75 Å². The molecule has 0 aliphatic heterocycles. The molecule has 0 spiro atoms. The molecule has 0 unspecified atom stereocenters. The van der Waals surface area contributed by atoms with Gasteiger partial charge in [-0.25, -0.2) is 0 Å². The van der Waals surface area contributed by atoms with Gasteiger partial charge in [-0.2, -0.15) is 5.26 Å². The lowest BCUT2D eigenvalue weighted by molar-refractivity contribution is -0.118. The molecule has 6 nitrogen and oxygen atoms in total. The first-order valence-corrected chi connectivity index (χ1v) is 11.0. The number of carbonyl (C=O) groups is 2. The van der Waals surface area contributed by atoms with Gasteiger partial charge >= 0.3 is 0 Å². The zero-order chi connectivity index (χ0) is 23.8. The van der Waals surface area contributed by atoms with Crippen LogP contribution in [0.1, 0.15) is 11.1 Å². The van der Waals surface area contributed by atoms with E-state index in [1.807, 2.05) is 25.1 Å². The highest BCUT2D eigenvalue weighted by Gasteiger charge is 2.13. The number of nitrogens with zero attached hydrogens (tertiary/aromatic N) is 1. The molecule has 0 aliphatic carbocycles. The van der Waals surface area contributed by atoms with Crippen molar-refractivity contribution in [1.82, 2.24) is 0 Å². The minimum atomic E-state index is -0.552. The number of nitrogens with one attached hydrogen (secondary N) is 2. The van der Waals surface area contributed by atoms with Crippen molar-refractivity contribution in [2.75, 3.05) is 17.2 Å². The molecule has 0 radical (unpaired) electrons. The molecule has 0 bridgehead atoms. The second-order valence-corrected chi connectivity index (χ2v) is 8.31. The van der Waals surface area contributed by atoms with Crippen LogP contribution in [0.4, 0.5) is 11.4 Å². The summed E-state index contributed by atoms with van der Waals surface area (Å²) in [6.07, 6.45) is 1.41. The van der Waals surface area contributed by atoms with Crippen LogP contribution in [-0.4, -0.2) is 18.4 Å². The number of halogens is 2. The Kier molecular flexibility index (Phi) is 8.25. The number of anilines is 2. The summed E-state index contributed by atoms with van der Waals surface area (Å²) in [5, 5.41) is 15.3. The van der Waals surface area contributed by atoms with Crippen molar-refractivity contribution in [1.29, 1.82) is 5.26 Å². The van der Waals surface area contributed by atoms with Gasteiger partial charge in [0.2, 0.25) is 0 Å². The Bertz CT molecular complexity index is 1250. The van der Waals surface area contributed by atoms with Crippen molar-refractivity contribution in [2.24, 2.45) is 0 Å². The maximum absolute atomic E-state index is 12.6. The predicted octanol–water partition coefficient (Wildman–Crippen LogP) is 5.97. The Morgan fingerprint density at radius 3 is 2.52 bits per heavy atom. The Morgan fingerprint density at radius 1 is 1.09 bits per heavy atom. The van der Waals surface area contributed by atoms with Crippen LogP contribution in [0.3, 0.4) is 0 Å². The lowest BCUT2D eigenvalue weighted by atomic mass is 10.1. The molecule has 0 heterocycles. The number of benzene rings is 3. The minimum Gasteiger partial charge on any atom is -0.483 e. The van der Waals surface area contributed by atoms with Crippen LogP contribution in [0, 0.1) is 18.3 Å². The molecule has 33 heavy (non-hydrogen) atoms. The van der Waals surface area contributed by atoms with Gasteiger partial charge in [-0.15, -0.1) is 0 Å². The summed E-state index contributed by atoms with van der Waals surface area (Å²) < 4.78 is 6.38. The third kappa shape index (κ3) is 6.94. The largest absolute Gasteiger partial charge is 0.483 e. The van der Waals surface area contributed by atoms with E-state index < -0.39 is 11.8 Å². The lowest BCUT2D eigenvalue weighted by Crippen LogP contribution is -2.20. The van der Waals surface area contributed by atoms with Crippen molar-refractivity contribution >= 4 is 56.8 Å². The van der Waals surface area contributed by atoms with Crippen molar-refractivity contribution < 1.29 is 14.3 Å². The zero-order valence-electron chi connectivity index (χ0n) is 17.6. The number of nitriles is 1. The summed E-state index contributed by atoms with van der Waals surface area (Å²) >= 11 is 9.44. The van der Waals surface area contributed by atoms with E-state index in [1.165, 1.54) is 6.08 Å². The minimum absolute atomic E-state index is 0.112. The highest BCUT2D eigenvalue weighted by atomic mass is 79.9. The Hall–Kier alpha value is -3.60. The monoisotopic (exact) mass is 523 g/mol. The molecule has 8 heteroatoms. The van der Waals surface area contributed by atoms with Gasteiger partial charge in [0.05, 0.1) is 10.7 Å². The SMILES string of the molecule is Cc1ccc(NC(=O)/C(C#N)=C\c2cc(Br)ccc2OCC(=O)Nc2ccccc2Cl)cc1.